The normalized spacial score (nSPS) is 19.7. The van der Waals surface area contributed by atoms with Crippen molar-refractivity contribution in [2.75, 3.05) is 19.7 Å². The summed E-state index contributed by atoms with van der Waals surface area (Å²) in [7, 11) is 0. The van der Waals surface area contributed by atoms with E-state index in [1.165, 1.54) is 6.07 Å². The number of aliphatic hydroxyl groups is 1. The van der Waals surface area contributed by atoms with Gasteiger partial charge in [-0.3, -0.25) is 4.79 Å². The fraction of sp³-hybridized carbons (Fsp3) is 0.381. The fourth-order valence-corrected chi connectivity index (χ4v) is 3.50. The lowest BCUT2D eigenvalue weighted by atomic mass is 9.93. The standard InChI is InChI=1S/C21H23ClFNO3/c22-17-6-3-7-18(13-17)27-15-21(26)11-4-12-24(14-21)20(25)10-9-16-5-1-2-8-19(16)23/h1-3,5-8,13,26H,4,9-12,14-15H2. The average molecular weight is 392 g/mol. The summed E-state index contributed by atoms with van der Waals surface area (Å²) in [5.41, 5.74) is -0.573. The maximum Gasteiger partial charge on any atom is 0.223 e. The zero-order valence-electron chi connectivity index (χ0n) is 15.0. The largest absolute Gasteiger partial charge is 0.490 e. The number of ether oxygens (including phenoxy) is 1. The minimum Gasteiger partial charge on any atom is -0.490 e. The highest BCUT2D eigenvalue weighted by molar-refractivity contribution is 6.30. The van der Waals surface area contributed by atoms with E-state index in [-0.39, 0.29) is 31.3 Å². The first kappa shape index (κ1) is 19.6. The molecule has 1 N–H and O–H groups in total. The number of piperidine rings is 1. The van der Waals surface area contributed by atoms with Crippen LogP contribution in [0.3, 0.4) is 0 Å². The molecule has 0 spiro atoms. The zero-order valence-corrected chi connectivity index (χ0v) is 15.8. The Hall–Kier alpha value is -2.11. The smallest absolute Gasteiger partial charge is 0.223 e. The molecule has 2 aromatic rings. The van der Waals surface area contributed by atoms with Crippen LogP contribution in [0.5, 0.6) is 5.75 Å². The highest BCUT2D eigenvalue weighted by Crippen LogP contribution is 2.25. The van der Waals surface area contributed by atoms with Crippen LogP contribution in [0.2, 0.25) is 5.02 Å². The molecule has 1 aliphatic rings. The summed E-state index contributed by atoms with van der Waals surface area (Å²) in [5.74, 6) is 0.202. The number of hydrogen-bond donors (Lipinski definition) is 1. The van der Waals surface area contributed by atoms with Crippen LogP contribution < -0.4 is 4.74 Å². The quantitative estimate of drug-likeness (QED) is 0.813. The van der Waals surface area contributed by atoms with Gasteiger partial charge in [0.1, 0.15) is 23.8 Å². The highest BCUT2D eigenvalue weighted by atomic mass is 35.5. The number of carbonyl (C=O) groups excluding carboxylic acids is 1. The number of β-amino-alcohol motifs (C(OH)–C–C–N with tert-alkyl or cyclic N) is 1. The van der Waals surface area contributed by atoms with E-state index in [2.05, 4.69) is 0 Å². The molecule has 0 bridgehead atoms. The van der Waals surface area contributed by atoms with Crippen molar-refractivity contribution in [3.63, 3.8) is 0 Å². The van der Waals surface area contributed by atoms with Gasteiger partial charge in [0.25, 0.3) is 0 Å². The SMILES string of the molecule is O=C(CCc1ccccc1F)N1CCCC(O)(COc2cccc(Cl)c2)C1. The fourth-order valence-electron chi connectivity index (χ4n) is 3.32. The summed E-state index contributed by atoms with van der Waals surface area (Å²) >= 11 is 5.94. The molecule has 144 valence electrons. The van der Waals surface area contributed by atoms with E-state index >= 15 is 0 Å². The van der Waals surface area contributed by atoms with Crippen LogP contribution in [0.4, 0.5) is 4.39 Å². The van der Waals surface area contributed by atoms with Gasteiger partial charge in [-0.2, -0.15) is 0 Å². The average Bonchev–Trinajstić information content (AvgIpc) is 2.66. The number of nitrogens with zero attached hydrogens (tertiary/aromatic N) is 1. The molecule has 0 saturated carbocycles. The predicted molar refractivity (Wildman–Crippen MR) is 102 cm³/mol. The van der Waals surface area contributed by atoms with Crippen LogP contribution in [0.15, 0.2) is 48.5 Å². The summed E-state index contributed by atoms with van der Waals surface area (Å²) < 4.78 is 19.4. The molecule has 6 heteroatoms. The molecule has 0 aromatic heterocycles. The second-order valence-electron chi connectivity index (χ2n) is 6.98. The van der Waals surface area contributed by atoms with E-state index in [4.69, 9.17) is 16.3 Å². The van der Waals surface area contributed by atoms with E-state index < -0.39 is 5.60 Å². The van der Waals surface area contributed by atoms with E-state index in [0.29, 0.717) is 42.1 Å². The van der Waals surface area contributed by atoms with Crippen LogP contribution in [0, 0.1) is 5.82 Å². The third kappa shape index (κ3) is 5.44. The van der Waals surface area contributed by atoms with Crippen molar-refractivity contribution in [2.45, 2.75) is 31.3 Å². The molecular formula is C21H23ClFNO3. The van der Waals surface area contributed by atoms with Gasteiger partial charge in [-0.1, -0.05) is 35.9 Å². The Morgan fingerprint density at radius 2 is 2.07 bits per heavy atom. The summed E-state index contributed by atoms with van der Waals surface area (Å²) in [4.78, 5) is 14.2. The lowest BCUT2D eigenvalue weighted by Crippen LogP contribution is -2.53. The molecule has 1 saturated heterocycles. The molecule has 0 radical (unpaired) electrons. The molecule has 1 fully saturated rings. The Balaban J connectivity index is 1.54. The first-order valence-corrected chi connectivity index (χ1v) is 9.45. The zero-order chi connectivity index (χ0) is 19.3. The van der Waals surface area contributed by atoms with Gasteiger partial charge in [0.15, 0.2) is 0 Å². The van der Waals surface area contributed by atoms with Crippen molar-refractivity contribution in [2.24, 2.45) is 0 Å². The number of aryl methyl sites for hydroxylation is 1. The van der Waals surface area contributed by atoms with Gasteiger partial charge in [-0.25, -0.2) is 4.39 Å². The number of rotatable bonds is 6. The molecule has 1 heterocycles. The summed E-state index contributed by atoms with van der Waals surface area (Å²) in [5, 5.41) is 11.4. The maximum atomic E-state index is 13.7. The van der Waals surface area contributed by atoms with Gasteiger partial charge in [0.05, 0.1) is 6.54 Å². The summed E-state index contributed by atoms with van der Waals surface area (Å²) in [6.45, 7) is 0.893. The monoisotopic (exact) mass is 391 g/mol. The predicted octanol–water partition coefficient (Wildman–Crippen LogP) is 3.84. The Kier molecular flexibility index (Phi) is 6.34. The third-order valence-electron chi connectivity index (χ3n) is 4.78. The number of amides is 1. The van der Waals surface area contributed by atoms with Crippen molar-refractivity contribution in [3.05, 3.63) is 64.9 Å². The number of carbonyl (C=O) groups is 1. The maximum absolute atomic E-state index is 13.7. The lowest BCUT2D eigenvalue weighted by Gasteiger charge is -2.39. The van der Waals surface area contributed by atoms with Crippen molar-refractivity contribution in [3.8, 4) is 5.75 Å². The lowest BCUT2D eigenvalue weighted by molar-refractivity contribution is -0.140. The molecule has 27 heavy (non-hydrogen) atoms. The van der Waals surface area contributed by atoms with Crippen molar-refractivity contribution >= 4 is 17.5 Å². The van der Waals surface area contributed by atoms with Gasteiger partial charge < -0.3 is 14.7 Å². The second-order valence-corrected chi connectivity index (χ2v) is 7.42. The van der Waals surface area contributed by atoms with Crippen LogP contribution in [0.1, 0.15) is 24.8 Å². The van der Waals surface area contributed by atoms with Crippen molar-refractivity contribution < 1.29 is 19.0 Å². The van der Waals surface area contributed by atoms with E-state index in [1.807, 2.05) is 0 Å². The molecule has 1 atom stereocenters. The van der Waals surface area contributed by atoms with Gasteiger partial charge >= 0.3 is 0 Å². The summed E-state index contributed by atoms with van der Waals surface area (Å²) in [6, 6.07) is 13.5. The number of likely N-dealkylation sites (tertiary alicyclic amines) is 1. The number of benzene rings is 2. The minimum atomic E-state index is -1.10. The van der Waals surface area contributed by atoms with E-state index in [1.54, 1.807) is 47.4 Å². The second kappa shape index (κ2) is 8.72. The first-order valence-electron chi connectivity index (χ1n) is 9.07. The minimum absolute atomic E-state index is 0.0841. The molecule has 1 unspecified atom stereocenters. The topological polar surface area (TPSA) is 49.8 Å². The van der Waals surface area contributed by atoms with Crippen LogP contribution in [-0.4, -0.2) is 41.2 Å². The van der Waals surface area contributed by atoms with E-state index in [0.717, 1.165) is 0 Å². The van der Waals surface area contributed by atoms with Gasteiger partial charge in [-0.05, 0) is 49.1 Å². The Morgan fingerprint density at radius 3 is 2.85 bits per heavy atom. The first-order chi connectivity index (χ1) is 13.0. The van der Waals surface area contributed by atoms with Gasteiger partial charge in [-0.15, -0.1) is 0 Å². The third-order valence-corrected chi connectivity index (χ3v) is 5.01. The van der Waals surface area contributed by atoms with Crippen LogP contribution in [0.25, 0.3) is 0 Å². The molecule has 3 rings (SSSR count). The van der Waals surface area contributed by atoms with E-state index in [9.17, 15) is 14.3 Å². The molecule has 1 aliphatic heterocycles. The summed E-state index contributed by atoms with van der Waals surface area (Å²) in [6.07, 6.45) is 1.82. The molecule has 4 nitrogen and oxygen atoms in total. The Labute approximate surface area is 163 Å². The Bertz CT molecular complexity index is 801. The van der Waals surface area contributed by atoms with Gasteiger partial charge in [0.2, 0.25) is 5.91 Å². The van der Waals surface area contributed by atoms with Crippen LogP contribution in [-0.2, 0) is 11.2 Å². The van der Waals surface area contributed by atoms with Crippen LogP contribution >= 0.6 is 11.6 Å². The number of halogens is 2. The molecule has 1 amide bonds. The number of hydrogen-bond acceptors (Lipinski definition) is 3. The van der Waals surface area contributed by atoms with Crippen molar-refractivity contribution in [1.82, 2.24) is 4.90 Å². The van der Waals surface area contributed by atoms with Crippen molar-refractivity contribution in [1.29, 1.82) is 0 Å². The molecular weight excluding hydrogens is 369 g/mol. The highest BCUT2D eigenvalue weighted by Gasteiger charge is 2.36. The molecule has 2 aromatic carbocycles. The van der Waals surface area contributed by atoms with Gasteiger partial charge in [0, 0.05) is 18.0 Å². The Morgan fingerprint density at radius 1 is 1.26 bits per heavy atom. The molecule has 0 aliphatic carbocycles.